The van der Waals surface area contributed by atoms with Crippen LogP contribution in [-0.4, -0.2) is 35.4 Å². The Labute approximate surface area is 122 Å². The molecular formula is C14H16ClNO4. The second kappa shape index (κ2) is 5.50. The van der Waals surface area contributed by atoms with E-state index in [2.05, 4.69) is 4.90 Å². The Morgan fingerprint density at radius 2 is 2.20 bits per heavy atom. The standard InChI is InChI=1S/C14H16ClNO4/c15-11-5-9(6-12-14(11)20-8-19-12)7-16(10-1-2-10)4-3-13(17)18/h5-6,10H,1-4,7-8H2,(H,17,18). The lowest BCUT2D eigenvalue weighted by Gasteiger charge is -2.21. The first-order chi connectivity index (χ1) is 9.63. The molecule has 1 aliphatic heterocycles. The zero-order valence-corrected chi connectivity index (χ0v) is 11.7. The number of halogens is 1. The van der Waals surface area contributed by atoms with Crippen molar-refractivity contribution in [1.29, 1.82) is 0 Å². The molecule has 1 aromatic carbocycles. The molecule has 0 unspecified atom stereocenters. The minimum absolute atomic E-state index is 0.161. The van der Waals surface area contributed by atoms with Crippen molar-refractivity contribution in [3.8, 4) is 11.5 Å². The van der Waals surface area contributed by atoms with Crippen molar-refractivity contribution in [3.63, 3.8) is 0 Å². The molecule has 0 aromatic heterocycles. The van der Waals surface area contributed by atoms with Gasteiger partial charge in [-0.2, -0.15) is 0 Å². The summed E-state index contributed by atoms with van der Waals surface area (Å²) >= 11 is 6.16. The Hall–Kier alpha value is -1.46. The summed E-state index contributed by atoms with van der Waals surface area (Å²) in [5, 5.41) is 9.36. The molecule has 1 N–H and O–H groups in total. The molecule has 108 valence electrons. The van der Waals surface area contributed by atoms with Gasteiger partial charge in [0.2, 0.25) is 6.79 Å². The van der Waals surface area contributed by atoms with Crippen molar-refractivity contribution in [1.82, 2.24) is 4.90 Å². The molecule has 2 aliphatic rings. The number of aliphatic carboxylic acids is 1. The molecule has 0 radical (unpaired) electrons. The van der Waals surface area contributed by atoms with Gasteiger partial charge in [0.15, 0.2) is 11.5 Å². The number of fused-ring (bicyclic) bond motifs is 1. The number of nitrogens with zero attached hydrogens (tertiary/aromatic N) is 1. The second-order valence-corrected chi connectivity index (χ2v) is 5.56. The van der Waals surface area contributed by atoms with Crippen molar-refractivity contribution in [2.24, 2.45) is 0 Å². The summed E-state index contributed by atoms with van der Waals surface area (Å²) in [6.07, 6.45) is 2.44. The Bertz CT molecular complexity index is 530. The predicted octanol–water partition coefficient (Wildman–Crippen LogP) is 2.51. The number of carboxylic acids is 1. The monoisotopic (exact) mass is 297 g/mol. The maximum absolute atomic E-state index is 10.7. The highest BCUT2D eigenvalue weighted by Crippen LogP contribution is 2.40. The molecular weight excluding hydrogens is 282 g/mol. The topological polar surface area (TPSA) is 59.0 Å². The van der Waals surface area contributed by atoms with Gasteiger partial charge in [-0.15, -0.1) is 0 Å². The van der Waals surface area contributed by atoms with Gasteiger partial charge in [-0.05, 0) is 30.5 Å². The second-order valence-electron chi connectivity index (χ2n) is 5.16. The van der Waals surface area contributed by atoms with Crippen LogP contribution in [0.1, 0.15) is 24.8 Å². The van der Waals surface area contributed by atoms with Crippen molar-refractivity contribution in [3.05, 3.63) is 22.7 Å². The molecule has 1 fully saturated rings. The highest BCUT2D eigenvalue weighted by Gasteiger charge is 2.29. The quantitative estimate of drug-likeness (QED) is 0.874. The first kappa shape index (κ1) is 13.5. The van der Waals surface area contributed by atoms with Crippen LogP contribution in [-0.2, 0) is 11.3 Å². The minimum atomic E-state index is -0.764. The summed E-state index contributed by atoms with van der Waals surface area (Å²) in [5.74, 6) is 0.500. The number of ether oxygens (including phenoxy) is 2. The van der Waals surface area contributed by atoms with E-state index in [0.717, 1.165) is 18.4 Å². The molecule has 20 heavy (non-hydrogen) atoms. The van der Waals surface area contributed by atoms with Crippen LogP contribution in [0.4, 0.5) is 0 Å². The van der Waals surface area contributed by atoms with Crippen molar-refractivity contribution in [2.75, 3.05) is 13.3 Å². The summed E-state index contributed by atoms with van der Waals surface area (Å²) in [6.45, 7) is 1.45. The van der Waals surface area contributed by atoms with E-state index in [1.165, 1.54) is 0 Å². The third-order valence-corrected chi connectivity index (χ3v) is 3.83. The number of hydrogen-bond donors (Lipinski definition) is 1. The maximum atomic E-state index is 10.7. The minimum Gasteiger partial charge on any atom is -0.481 e. The normalized spacial score (nSPS) is 16.7. The third-order valence-electron chi connectivity index (χ3n) is 3.55. The van der Waals surface area contributed by atoms with Crippen LogP contribution in [0.2, 0.25) is 5.02 Å². The van der Waals surface area contributed by atoms with E-state index in [4.69, 9.17) is 26.2 Å². The fourth-order valence-electron chi connectivity index (χ4n) is 2.42. The van der Waals surface area contributed by atoms with E-state index in [9.17, 15) is 4.79 Å². The molecule has 6 heteroatoms. The first-order valence-electron chi connectivity index (χ1n) is 6.67. The third kappa shape index (κ3) is 2.99. The number of benzene rings is 1. The van der Waals surface area contributed by atoms with Gasteiger partial charge in [0.05, 0.1) is 11.4 Å². The molecule has 0 bridgehead atoms. The average molecular weight is 298 g/mol. The Balaban J connectivity index is 1.72. The average Bonchev–Trinajstić information content (AvgIpc) is 3.12. The van der Waals surface area contributed by atoms with Gasteiger partial charge in [-0.1, -0.05) is 11.6 Å². The summed E-state index contributed by atoms with van der Waals surface area (Å²) in [6, 6.07) is 4.29. The summed E-state index contributed by atoms with van der Waals surface area (Å²) in [4.78, 5) is 12.9. The van der Waals surface area contributed by atoms with Gasteiger partial charge in [0.1, 0.15) is 0 Å². The number of hydrogen-bond acceptors (Lipinski definition) is 4. The van der Waals surface area contributed by atoms with Crippen LogP contribution in [0.25, 0.3) is 0 Å². The number of carbonyl (C=O) groups is 1. The molecule has 0 spiro atoms. The Kier molecular flexibility index (Phi) is 3.72. The van der Waals surface area contributed by atoms with Crippen molar-refractivity contribution < 1.29 is 19.4 Å². The van der Waals surface area contributed by atoms with E-state index < -0.39 is 5.97 Å². The van der Waals surface area contributed by atoms with Crippen molar-refractivity contribution in [2.45, 2.75) is 31.8 Å². The molecule has 5 nitrogen and oxygen atoms in total. The lowest BCUT2D eigenvalue weighted by Crippen LogP contribution is -2.28. The number of rotatable bonds is 6. The molecule has 1 heterocycles. The van der Waals surface area contributed by atoms with E-state index in [-0.39, 0.29) is 13.2 Å². The van der Waals surface area contributed by atoms with E-state index in [1.807, 2.05) is 12.1 Å². The molecule has 3 rings (SSSR count). The smallest absolute Gasteiger partial charge is 0.304 e. The van der Waals surface area contributed by atoms with E-state index in [0.29, 0.717) is 35.7 Å². The SMILES string of the molecule is O=C(O)CCN(Cc1cc(Cl)c2c(c1)OCO2)C1CC1. The van der Waals surface area contributed by atoms with Gasteiger partial charge >= 0.3 is 5.97 Å². The molecule has 1 saturated carbocycles. The highest BCUT2D eigenvalue weighted by molar-refractivity contribution is 6.32. The van der Waals surface area contributed by atoms with E-state index in [1.54, 1.807) is 0 Å². The maximum Gasteiger partial charge on any atom is 0.304 e. The lowest BCUT2D eigenvalue weighted by molar-refractivity contribution is -0.137. The van der Waals surface area contributed by atoms with E-state index >= 15 is 0 Å². The van der Waals surface area contributed by atoms with Gasteiger partial charge in [-0.3, -0.25) is 9.69 Å². The van der Waals surface area contributed by atoms with Gasteiger partial charge < -0.3 is 14.6 Å². The van der Waals surface area contributed by atoms with Crippen LogP contribution in [0.3, 0.4) is 0 Å². The van der Waals surface area contributed by atoms with Gasteiger partial charge in [-0.25, -0.2) is 0 Å². The summed E-state index contributed by atoms with van der Waals surface area (Å²) in [7, 11) is 0. The lowest BCUT2D eigenvalue weighted by atomic mass is 10.1. The first-order valence-corrected chi connectivity index (χ1v) is 7.05. The molecule has 1 aromatic rings. The van der Waals surface area contributed by atoms with Crippen LogP contribution in [0.5, 0.6) is 11.5 Å². The predicted molar refractivity (Wildman–Crippen MR) is 73.3 cm³/mol. The highest BCUT2D eigenvalue weighted by atomic mass is 35.5. The summed E-state index contributed by atoms with van der Waals surface area (Å²) < 4.78 is 10.6. The van der Waals surface area contributed by atoms with Gasteiger partial charge in [0, 0.05) is 19.1 Å². The molecule has 0 atom stereocenters. The zero-order valence-electron chi connectivity index (χ0n) is 11.0. The zero-order chi connectivity index (χ0) is 14.1. The fraction of sp³-hybridized carbons (Fsp3) is 0.500. The molecule has 0 saturated heterocycles. The Morgan fingerprint density at radius 3 is 2.90 bits per heavy atom. The fourth-order valence-corrected chi connectivity index (χ4v) is 2.70. The van der Waals surface area contributed by atoms with Crippen LogP contribution < -0.4 is 9.47 Å². The molecule has 1 aliphatic carbocycles. The van der Waals surface area contributed by atoms with Crippen LogP contribution >= 0.6 is 11.6 Å². The number of carboxylic acid groups (broad SMARTS) is 1. The van der Waals surface area contributed by atoms with Gasteiger partial charge in [0.25, 0.3) is 0 Å². The molecule has 0 amide bonds. The summed E-state index contributed by atoms with van der Waals surface area (Å²) in [5.41, 5.74) is 1.02. The largest absolute Gasteiger partial charge is 0.481 e. The van der Waals surface area contributed by atoms with Crippen LogP contribution in [0.15, 0.2) is 12.1 Å². The van der Waals surface area contributed by atoms with Crippen LogP contribution in [0, 0.1) is 0 Å². The van der Waals surface area contributed by atoms with Crippen molar-refractivity contribution >= 4 is 17.6 Å². The Morgan fingerprint density at radius 1 is 1.40 bits per heavy atom.